The molecule has 6 heteroatoms. The molecule has 0 aliphatic rings. The quantitative estimate of drug-likeness (QED) is 0.850. The fourth-order valence-corrected chi connectivity index (χ4v) is 1.57. The van der Waals surface area contributed by atoms with Gasteiger partial charge in [0.2, 0.25) is 5.95 Å². The van der Waals surface area contributed by atoms with Crippen LogP contribution in [0.3, 0.4) is 0 Å². The molecule has 3 nitrogen and oxygen atoms in total. The van der Waals surface area contributed by atoms with Crippen LogP contribution in [0.5, 0.6) is 0 Å². The zero-order valence-electron chi connectivity index (χ0n) is 8.95. The number of hydrogen-bond donors (Lipinski definition) is 1. The zero-order valence-corrected chi connectivity index (χ0v) is 9.71. The van der Waals surface area contributed by atoms with E-state index in [0.29, 0.717) is 5.69 Å². The van der Waals surface area contributed by atoms with E-state index in [2.05, 4.69) is 10.3 Å². The Labute approximate surface area is 106 Å². The van der Waals surface area contributed by atoms with Crippen molar-refractivity contribution in [1.29, 1.82) is 0 Å². The first-order chi connectivity index (χ1) is 8.56. The molecule has 1 N–H and O–H groups in total. The van der Waals surface area contributed by atoms with E-state index in [9.17, 15) is 13.6 Å². The molecule has 0 spiro atoms. The van der Waals surface area contributed by atoms with Crippen molar-refractivity contribution in [2.24, 2.45) is 0 Å². The van der Waals surface area contributed by atoms with Crippen LogP contribution in [-0.4, -0.2) is 10.9 Å². The van der Waals surface area contributed by atoms with Crippen LogP contribution in [0.15, 0.2) is 36.5 Å². The Bertz CT molecular complexity index is 587. The smallest absolute Gasteiger partial charge is 0.257 e. The van der Waals surface area contributed by atoms with E-state index in [1.807, 2.05) is 0 Å². The predicted molar refractivity (Wildman–Crippen MR) is 63.6 cm³/mol. The lowest BCUT2D eigenvalue weighted by molar-refractivity contribution is 0.102. The highest BCUT2D eigenvalue weighted by molar-refractivity contribution is 6.34. The number of nitrogens with zero attached hydrogens (tertiary/aromatic N) is 1. The summed E-state index contributed by atoms with van der Waals surface area (Å²) in [6.07, 6.45) is 1.17. The molecule has 2 aromatic rings. The van der Waals surface area contributed by atoms with Crippen LogP contribution in [0, 0.1) is 11.8 Å². The van der Waals surface area contributed by atoms with Gasteiger partial charge in [0.15, 0.2) is 0 Å². The van der Waals surface area contributed by atoms with Gasteiger partial charge in [-0.25, -0.2) is 9.37 Å². The number of nitrogens with one attached hydrogen (secondary N) is 1. The van der Waals surface area contributed by atoms with Crippen LogP contribution < -0.4 is 5.32 Å². The second kappa shape index (κ2) is 5.10. The topological polar surface area (TPSA) is 42.0 Å². The minimum Gasteiger partial charge on any atom is -0.321 e. The number of aromatic nitrogens is 1. The molecule has 0 aliphatic carbocycles. The number of carbonyl (C=O) groups excluding carboxylic acids is 1. The maximum atomic E-state index is 12.8. The summed E-state index contributed by atoms with van der Waals surface area (Å²) in [5.41, 5.74) is 0.448. The SMILES string of the molecule is O=C(Nc1ccc(F)nc1)c1ccc(F)cc1Cl. The molecule has 1 aromatic heterocycles. The lowest BCUT2D eigenvalue weighted by Crippen LogP contribution is -2.12. The summed E-state index contributed by atoms with van der Waals surface area (Å²) in [6.45, 7) is 0. The Morgan fingerprint density at radius 1 is 1.22 bits per heavy atom. The molecule has 2 rings (SSSR count). The molecule has 92 valence electrons. The largest absolute Gasteiger partial charge is 0.321 e. The molecule has 0 atom stereocenters. The highest BCUT2D eigenvalue weighted by Crippen LogP contribution is 2.18. The molecule has 0 unspecified atom stereocenters. The Balaban J connectivity index is 2.19. The number of pyridine rings is 1. The average molecular weight is 269 g/mol. The summed E-state index contributed by atoms with van der Waals surface area (Å²) >= 11 is 5.74. The van der Waals surface area contributed by atoms with Gasteiger partial charge in [-0.15, -0.1) is 0 Å². The minimum atomic E-state index is -0.646. The Kier molecular flexibility index (Phi) is 3.53. The monoisotopic (exact) mass is 268 g/mol. The first-order valence-electron chi connectivity index (χ1n) is 4.94. The van der Waals surface area contributed by atoms with Crippen molar-refractivity contribution in [3.05, 3.63) is 58.9 Å². The maximum Gasteiger partial charge on any atom is 0.257 e. The van der Waals surface area contributed by atoms with E-state index in [1.54, 1.807) is 0 Å². The van der Waals surface area contributed by atoms with E-state index < -0.39 is 17.7 Å². The lowest BCUT2D eigenvalue weighted by Gasteiger charge is -2.06. The molecule has 18 heavy (non-hydrogen) atoms. The maximum absolute atomic E-state index is 12.8. The number of anilines is 1. The number of rotatable bonds is 2. The van der Waals surface area contributed by atoms with Gasteiger partial charge in [-0.1, -0.05) is 11.6 Å². The number of amides is 1. The van der Waals surface area contributed by atoms with Crippen LogP contribution in [0.4, 0.5) is 14.5 Å². The van der Waals surface area contributed by atoms with Crippen LogP contribution in [0.1, 0.15) is 10.4 Å². The summed E-state index contributed by atoms with van der Waals surface area (Å²) in [6, 6.07) is 5.91. The number of carbonyl (C=O) groups is 1. The summed E-state index contributed by atoms with van der Waals surface area (Å²) in [5.74, 6) is -1.69. The molecule has 1 heterocycles. The van der Waals surface area contributed by atoms with Crippen molar-refractivity contribution in [2.45, 2.75) is 0 Å². The molecule has 0 saturated carbocycles. The first kappa shape index (κ1) is 12.4. The summed E-state index contributed by atoms with van der Waals surface area (Å²) in [4.78, 5) is 15.2. The molecule has 0 bridgehead atoms. The van der Waals surface area contributed by atoms with Gasteiger partial charge in [0, 0.05) is 0 Å². The van der Waals surface area contributed by atoms with E-state index in [4.69, 9.17) is 11.6 Å². The molecule has 0 radical (unpaired) electrons. The lowest BCUT2D eigenvalue weighted by atomic mass is 10.2. The first-order valence-corrected chi connectivity index (χ1v) is 5.32. The van der Waals surface area contributed by atoms with E-state index in [0.717, 1.165) is 18.2 Å². The molecular formula is C12H7ClF2N2O. The van der Waals surface area contributed by atoms with Crippen LogP contribution in [-0.2, 0) is 0 Å². The van der Waals surface area contributed by atoms with Gasteiger partial charge in [-0.2, -0.15) is 4.39 Å². The fraction of sp³-hybridized carbons (Fsp3) is 0. The second-order valence-electron chi connectivity index (χ2n) is 3.45. The van der Waals surface area contributed by atoms with Crippen molar-refractivity contribution in [3.8, 4) is 0 Å². The van der Waals surface area contributed by atoms with Crippen LogP contribution in [0.25, 0.3) is 0 Å². The van der Waals surface area contributed by atoms with Crippen molar-refractivity contribution < 1.29 is 13.6 Å². The van der Waals surface area contributed by atoms with E-state index in [-0.39, 0.29) is 10.6 Å². The fourth-order valence-electron chi connectivity index (χ4n) is 1.32. The molecular weight excluding hydrogens is 262 g/mol. The highest BCUT2D eigenvalue weighted by atomic mass is 35.5. The van der Waals surface area contributed by atoms with Crippen molar-refractivity contribution in [2.75, 3.05) is 5.32 Å². The second-order valence-corrected chi connectivity index (χ2v) is 3.86. The molecule has 0 saturated heterocycles. The van der Waals surface area contributed by atoms with Crippen LogP contribution in [0.2, 0.25) is 5.02 Å². The Morgan fingerprint density at radius 3 is 2.61 bits per heavy atom. The highest BCUT2D eigenvalue weighted by Gasteiger charge is 2.11. The molecule has 1 aromatic carbocycles. The number of benzene rings is 1. The van der Waals surface area contributed by atoms with Crippen molar-refractivity contribution in [1.82, 2.24) is 4.98 Å². The van der Waals surface area contributed by atoms with E-state index >= 15 is 0 Å². The summed E-state index contributed by atoms with van der Waals surface area (Å²) < 4.78 is 25.4. The average Bonchev–Trinajstić information content (AvgIpc) is 2.32. The standard InChI is InChI=1S/C12H7ClF2N2O/c13-10-5-7(14)1-3-9(10)12(18)17-8-2-4-11(15)16-6-8/h1-6H,(H,17,18). The predicted octanol–water partition coefficient (Wildman–Crippen LogP) is 3.27. The number of halogens is 3. The third-order valence-corrected chi connectivity index (χ3v) is 2.47. The third-order valence-electron chi connectivity index (χ3n) is 2.16. The van der Waals surface area contributed by atoms with Gasteiger partial charge in [-0.05, 0) is 30.3 Å². The van der Waals surface area contributed by atoms with Gasteiger partial charge in [0.25, 0.3) is 5.91 Å². The van der Waals surface area contributed by atoms with Crippen molar-refractivity contribution in [3.63, 3.8) is 0 Å². The van der Waals surface area contributed by atoms with Gasteiger partial charge in [0.05, 0.1) is 22.5 Å². The van der Waals surface area contributed by atoms with Gasteiger partial charge < -0.3 is 5.32 Å². The summed E-state index contributed by atoms with van der Waals surface area (Å²) in [7, 11) is 0. The van der Waals surface area contributed by atoms with Gasteiger partial charge >= 0.3 is 0 Å². The molecule has 0 fully saturated rings. The zero-order chi connectivity index (χ0) is 13.1. The van der Waals surface area contributed by atoms with E-state index in [1.165, 1.54) is 18.3 Å². The molecule has 1 amide bonds. The van der Waals surface area contributed by atoms with Crippen LogP contribution >= 0.6 is 11.6 Å². The summed E-state index contributed by atoms with van der Waals surface area (Å²) in [5, 5.41) is 2.47. The van der Waals surface area contributed by atoms with Gasteiger partial charge in [-0.3, -0.25) is 4.79 Å². The molecule has 0 aliphatic heterocycles. The van der Waals surface area contributed by atoms with Gasteiger partial charge in [0.1, 0.15) is 5.82 Å². The normalized spacial score (nSPS) is 10.2. The minimum absolute atomic E-state index is 0.00238. The Hall–Kier alpha value is -2.01. The number of hydrogen-bond acceptors (Lipinski definition) is 2. The van der Waals surface area contributed by atoms with Crippen molar-refractivity contribution >= 4 is 23.2 Å². The third kappa shape index (κ3) is 2.81. The Morgan fingerprint density at radius 2 is 2.00 bits per heavy atom.